The lowest BCUT2D eigenvalue weighted by molar-refractivity contribution is 0.381. The van der Waals surface area contributed by atoms with Crippen LogP contribution in [-0.2, 0) is 17.8 Å². The Balaban J connectivity index is 1.76. The van der Waals surface area contributed by atoms with E-state index < -0.39 is 0 Å². The minimum atomic E-state index is -0.0509. The van der Waals surface area contributed by atoms with Crippen molar-refractivity contribution in [2.24, 2.45) is 0 Å². The molecular weight excluding hydrogens is 294 g/mol. The minimum absolute atomic E-state index is 0.0509. The van der Waals surface area contributed by atoms with Gasteiger partial charge in [-0.25, -0.2) is 9.78 Å². The molecule has 3 heterocycles. The number of epoxide rings is 1. The predicted molar refractivity (Wildman–Crippen MR) is 85.8 cm³/mol. The van der Waals surface area contributed by atoms with Crippen LogP contribution < -0.4 is 10.4 Å². The fourth-order valence-corrected chi connectivity index (χ4v) is 2.76. The maximum atomic E-state index is 12.8. The predicted octanol–water partition coefficient (Wildman–Crippen LogP) is 1.65. The van der Waals surface area contributed by atoms with Gasteiger partial charge in [0.25, 0.3) is 0 Å². The molecule has 118 valence electrons. The molecule has 0 bridgehead atoms. The first kappa shape index (κ1) is 14.0. The fourth-order valence-electron chi connectivity index (χ4n) is 2.76. The molecule has 0 aliphatic carbocycles. The molecule has 4 rings (SSSR count). The number of rotatable bonds is 5. The van der Waals surface area contributed by atoms with Crippen molar-refractivity contribution in [3.05, 3.63) is 58.6 Å². The van der Waals surface area contributed by atoms with E-state index in [4.69, 9.17) is 9.47 Å². The Hall–Kier alpha value is -2.60. The molecule has 3 aromatic rings. The standard InChI is InChI=1S/C17H17N3O3/c1-22-13-6-4-12(5-7-13)9-20-16-15(3-2-8-18-16)19(17(20)21)10-14-11-23-14/h2-8,14H,9-11H2,1H3. The van der Waals surface area contributed by atoms with Crippen LogP contribution >= 0.6 is 0 Å². The highest BCUT2D eigenvalue weighted by Crippen LogP contribution is 2.18. The van der Waals surface area contributed by atoms with Crippen LogP contribution in [0.1, 0.15) is 5.56 Å². The highest BCUT2D eigenvalue weighted by Gasteiger charge is 2.26. The van der Waals surface area contributed by atoms with Crippen LogP contribution in [0.2, 0.25) is 0 Å². The molecule has 1 aliphatic rings. The van der Waals surface area contributed by atoms with Gasteiger partial charge in [0, 0.05) is 6.20 Å². The number of benzene rings is 1. The first-order valence-corrected chi connectivity index (χ1v) is 7.55. The smallest absolute Gasteiger partial charge is 0.330 e. The molecule has 1 atom stereocenters. The number of hydrogen-bond acceptors (Lipinski definition) is 4. The summed E-state index contributed by atoms with van der Waals surface area (Å²) in [6.07, 6.45) is 1.86. The SMILES string of the molecule is COc1ccc(Cn2c(=O)n(CC3CO3)c3cccnc32)cc1. The average Bonchev–Trinajstić information content (AvgIpc) is 3.38. The number of hydrogen-bond donors (Lipinski definition) is 0. The molecule has 0 amide bonds. The summed E-state index contributed by atoms with van der Waals surface area (Å²) in [7, 11) is 1.64. The van der Waals surface area contributed by atoms with E-state index in [-0.39, 0.29) is 11.8 Å². The van der Waals surface area contributed by atoms with E-state index in [0.717, 1.165) is 23.4 Å². The van der Waals surface area contributed by atoms with Gasteiger partial charge in [-0.15, -0.1) is 0 Å². The number of aromatic nitrogens is 3. The Kier molecular flexibility index (Phi) is 3.38. The molecule has 1 saturated heterocycles. The Morgan fingerprint density at radius 2 is 2.04 bits per heavy atom. The van der Waals surface area contributed by atoms with Crippen LogP contribution in [0.25, 0.3) is 11.2 Å². The van der Waals surface area contributed by atoms with Crippen molar-refractivity contribution >= 4 is 11.2 Å². The number of ether oxygens (including phenoxy) is 2. The molecule has 0 N–H and O–H groups in total. The third kappa shape index (κ3) is 2.61. The fraction of sp³-hybridized carbons (Fsp3) is 0.294. The van der Waals surface area contributed by atoms with E-state index in [9.17, 15) is 4.79 Å². The van der Waals surface area contributed by atoms with Crippen molar-refractivity contribution in [1.82, 2.24) is 14.1 Å². The molecular formula is C17H17N3O3. The van der Waals surface area contributed by atoms with Gasteiger partial charge in [-0.1, -0.05) is 12.1 Å². The number of imidazole rings is 1. The highest BCUT2D eigenvalue weighted by molar-refractivity contribution is 5.71. The first-order chi connectivity index (χ1) is 11.3. The van der Waals surface area contributed by atoms with Crippen molar-refractivity contribution in [2.75, 3.05) is 13.7 Å². The number of methoxy groups -OCH3 is 1. The minimum Gasteiger partial charge on any atom is -0.497 e. The van der Waals surface area contributed by atoms with Gasteiger partial charge < -0.3 is 9.47 Å². The van der Waals surface area contributed by atoms with Gasteiger partial charge in [-0.05, 0) is 29.8 Å². The molecule has 0 saturated carbocycles. The van der Waals surface area contributed by atoms with E-state index >= 15 is 0 Å². The van der Waals surface area contributed by atoms with Gasteiger partial charge in [0.2, 0.25) is 0 Å². The van der Waals surface area contributed by atoms with Crippen molar-refractivity contribution in [3.8, 4) is 5.75 Å². The lowest BCUT2D eigenvalue weighted by Crippen LogP contribution is -2.26. The van der Waals surface area contributed by atoms with Crippen LogP contribution in [-0.4, -0.2) is 33.9 Å². The second-order valence-corrected chi connectivity index (χ2v) is 5.63. The van der Waals surface area contributed by atoms with Gasteiger partial charge in [0.1, 0.15) is 5.75 Å². The Morgan fingerprint density at radius 1 is 1.26 bits per heavy atom. The van der Waals surface area contributed by atoms with E-state index in [0.29, 0.717) is 18.7 Å². The van der Waals surface area contributed by atoms with E-state index in [1.807, 2.05) is 36.4 Å². The molecule has 1 aliphatic heterocycles. The lowest BCUT2D eigenvalue weighted by atomic mass is 10.2. The zero-order valence-electron chi connectivity index (χ0n) is 12.8. The Morgan fingerprint density at radius 3 is 2.74 bits per heavy atom. The van der Waals surface area contributed by atoms with Crippen LogP contribution in [0.3, 0.4) is 0 Å². The zero-order valence-corrected chi connectivity index (χ0v) is 12.8. The van der Waals surface area contributed by atoms with Gasteiger partial charge in [-0.2, -0.15) is 0 Å². The largest absolute Gasteiger partial charge is 0.497 e. The van der Waals surface area contributed by atoms with Crippen molar-refractivity contribution in [3.63, 3.8) is 0 Å². The van der Waals surface area contributed by atoms with Gasteiger partial charge in [0.15, 0.2) is 5.65 Å². The van der Waals surface area contributed by atoms with Crippen molar-refractivity contribution in [2.45, 2.75) is 19.2 Å². The summed E-state index contributed by atoms with van der Waals surface area (Å²) in [5, 5.41) is 0. The van der Waals surface area contributed by atoms with Crippen LogP contribution in [0.4, 0.5) is 0 Å². The maximum Gasteiger partial charge on any atom is 0.330 e. The third-order valence-corrected chi connectivity index (χ3v) is 4.06. The summed E-state index contributed by atoms with van der Waals surface area (Å²) in [5.41, 5.74) is 2.53. The van der Waals surface area contributed by atoms with Crippen molar-refractivity contribution < 1.29 is 9.47 Å². The summed E-state index contributed by atoms with van der Waals surface area (Å²) >= 11 is 0. The zero-order chi connectivity index (χ0) is 15.8. The first-order valence-electron chi connectivity index (χ1n) is 7.55. The second-order valence-electron chi connectivity index (χ2n) is 5.63. The summed E-state index contributed by atoms with van der Waals surface area (Å²) in [6.45, 7) is 1.78. The highest BCUT2D eigenvalue weighted by atomic mass is 16.6. The molecule has 1 fully saturated rings. The van der Waals surface area contributed by atoms with Gasteiger partial charge in [-0.3, -0.25) is 9.13 Å². The summed E-state index contributed by atoms with van der Waals surface area (Å²) in [6, 6.07) is 11.5. The van der Waals surface area contributed by atoms with E-state index in [1.165, 1.54) is 0 Å². The quantitative estimate of drug-likeness (QED) is 0.672. The number of nitrogens with zero attached hydrogens (tertiary/aromatic N) is 3. The number of fused-ring (bicyclic) bond motifs is 1. The van der Waals surface area contributed by atoms with E-state index in [2.05, 4.69) is 4.98 Å². The van der Waals surface area contributed by atoms with Crippen LogP contribution in [0.5, 0.6) is 5.75 Å². The average molecular weight is 311 g/mol. The lowest BCUT2D eigenvalue weighted by Gasteiger charge is -2.04. The third-order valence-electron chi connectivity index (χ3n) is 4.06. The molecule has 6 heteroatoms. The molecule has 0 radical (unpaired) electrons. The normalized spacial score (nSPS) is 16.7. The molecule has 2 aromatic heterocycles. The van der Waals surface area contributed by atoms with Gasteiger partial charge in [0.05, 0.1) is 38.4 Å². The monoisotopic (exact) mass is 311 g/mol. The summed E-state index contributed by atoms with van der Waals surface area (Å²) in [5.74, 6) is 0.799. The molecule has 0 spiro atoms. The molecule has 1 aromatic carbocycles. The molecule has 6 nitrogen and oxygen atoms in total. The summed E-state index contributed by atoms with van der Waals surface area (Å²) in [4.78, 5) is 17.2. The number of pyridine rings is 1. The van der Waals surface area contributed by atoms with Gasteiger partial charge >= 0.3 is 5.69 Å². The topological polar surface area (TPSA) is 61.6 Å². The maximum absolute atomic E-state index is 12.8. The summed E-state index contributed by atoms with van der Waals surface area (Å²) < 4.78 is 13.9. The molecule has 1 unspecified atom stereocenters. The Labute approximate surface area is 132 Å². The van der Waals surface area contributed by atoms with Crippen molar-refractivity contribution in [1.29, 1.82) is 0 Å². The van der Waals surface area contributed by atoms with E-state index in [1.54, 1.807) is 22.4 Å². The van der Waals surface area contributed by atoms with Crippen LogP contribution in [0, 0.1) is 0 Å². The second kappa shape index (κ2) is 5.55. The molecule has 23 heavy (non-hydrogen) atoms. The Bertz CT molecular complexity index is 892. The van der Waals surface area contributed by atoms with Crippen LogP contribution in [0.15, 0.2) is 47.4 Å².